The van der Waals surface area contributed by atoms with Gasteiger partial charge in [0.2, 0.25) is 0 Å². The van der Waals surface area contributed by atoms with E-state index in [4.69, 9.17) is 5.11 Å². The number of aliphatic hydroxyl groups excluding tert-OH is 1. The van der Waals surface area contributed by atoms with Gasteiger partial charge in [-0.25, -0.2) is 4.79 Å². The van der Waals surface area contributed by atoms with Crippen LogP contribution in [0.2, 0.25) is 0 Å². The van der Waals surface area contributed by atoms with E-state index in [9.17, 15) is 9.90 Å². The summed E-state index contributed by atoms with van der Waals surface area (Å²) in [6.45, 7) is 9.16. The van der Waals surface area contributed by atoms with Gasteiger partial charge in [0, 0.05) is 6.08 Å². The van der Waals surface area contributed by atoms with Gasteiger partial charge < -0.3 is 10.2 Å². The maximum atomic E-state index is 10.8. The van der Waals surface area contributed by atoms with Crippen LogP contribution in [-0.4, -0.2) is 22.3 Å². The predicted octanol–water partition coefficient (Wildman–Crippen LogP) is 5.62. The molecule has 0 spiro atoms. The van der Waals surface area contributed by atoms with E-state index in [0.29, 0.717) is 35.5 Å². The number of carbonyl (C=O) groups is 1. The topological polar surface area (TPSA) is 57.5 Å². The maximum Gasteiger partial charge on any atom is 0.328 e. The third-order valence-corrected chi connectivity index (χ3v) is 6.91. The lowest BCUT2D eigenvalue weighted by atomic mass is 9.53. The number of hydrogen-bond donors (Lipinski definition) is 2. The number of unbranched alkanes of at least 4 members (excludes halogenated alkanes) is 2. The smallest absolute Gasteiger partial charge is 0.328 e. The molecule has 2 aliphatic carbocycles. The van der Waals surface area contributed by atoms with Gasteiger partial charge in [-0.05, 0) is 68.1 Å². The lowest BCUT2D eigenvalue weighted by Crippen LogP contribution is -2.48. The van der Waals surface area contributed by atoms with Gasteiger partial charge in [0.15, 0.2) is 0 Å². The SMILES string of the molecule is CCCC/C=C(\C)[C@H]1[C@@H](/C=C/C=C/C(=O)O)[C@H]2[C@@H](C[C@H]1C)[C@@H](O)CC[C@@H]2C. The van der Waals surface area contributed by atoms with Crippen LogP contribution in [0.15, 0.2) is 36.0 Å². The summed E-state index contributed by atoms with van der Waals surface area (Å²) >= 11 is 0. The van der Waals surface area contributed by atoms with Gasteiger partial charge in [-0.1, -0.05) is 63.5 Å². The minimum atomic E-state index is -0.914. The Balaban J connectivity index is 2.33. The monoisotopic (exact) mass is 374 g/mol. The van der Waals surface area contributed by atoms with Gasteiger partial charge >= 0.3 is 5.97 Å². The Morgan fingerprint density at radius 3 is 2.56 bits per heavy atom. The van der Waals surface area contributed by atoms with E-state index >= 15 is 0 Å². The van der Waals surface area contributed by atoms with Crippen molar-refractivity contribution in [1.82, 2.24) is 0 Å². The summed E-state index contributed by atoms with van der Waals surface area (Å²) < 4.78 is 0. The van der Waals surface area contributed by atoms with Crippen molar-refractivity contribution in [3.05, 3.63) is 36.0 Å². The molecule has 3 nitrogen and oxygen atoms in total. The number of rotatable bonds is 7. The second kappa shape index (κ2) is 10.3. The molecule has 0 aromatic rings. The Hall–Kier alpha value is -1.35. The number of allylic oxidation sites excluding steroid dienone is 5. The molecule has 3 heteroatoms. The first-order valence-corrected chi connectivity index (χ1v) is 10.8. The van der Waals surface area contributed by atoms with Crippen molar-refractivity contribution in [2.75, 3.05) is 0 Å². The molecule has 0 aromatic heterocycles. The van der Waals surface area contributed by atoms with Crippen LogP contribution in [0, 0.1) is 35.5 Å². The van der Waals surface area contributed by atoms with Crippen LogP contribution in [-0.2, 0) is 4.79 Å². The Labute approximate surface area is 165 Å². The number of fused-ring (bicyclic) bond motifs is 1. The molecule has 0 radical (unpaired) electrons. The average molecular weight is 375 g/mol. The molecule has 0 unspecified atom stereocenters. The van der Waals surface area contributed by atoms with Crippen LogP contribution in [0.25, 0.3) is 0 Å². The zero-order chi connectivity index (χ0) is 20.0. The molecule has 0 aliphatic heterocycles. The number of carboxylic acids is 1. The molecule has 0 bridgehead atoms. The van der Waals surface area contributed by atoms with Crippen LogP contribution in [0.1, 0.15) is 66.2 Å². The third kappa shape index (κ3) is 5.57. The van der Waals surface area contributed by atoms with Crippen LogP contribution < -0.4 is 0 Å². The van der Waals surface area contributed by atoms with Crippen molar-refractivity contribution in [2.24, 2.45) is 35.5 Å². The summed E-state index contributed by atoms with van der Waals surface area (Å²) in [4.78, 5) is 10.8. The fraction of sp³-hybridized carbons (Fsp3) is 0.708. The van der Waals surface area contributed by atoms with Crippen LogP contribution in [0.4, 0.5) is 0 Å². The fourth-order valence-electron chi connectivity index (χ4n) is 5.69. The van der Waals surface area contributed by atoms with Gasteiger partial charge in [-0.3, -0.25) is 0 Å². The largest absolute Gasteiger partial charge is 0.478 e. The molecule has 2 saturated carbocycles. The molecule has 0 saturated heterocycles. The van der Waals surface area contributed by atoms with Crippen molar-refractivity contribution in [2.45, 2.75) is 72.3 Å². The van der Waals surface area contributed by atoms with Crippen molar-refractivity contribution < 1.29 is 15.0 Å². The Kier molecular flexibility index (Phi) is 8.34. The van der Waals surface area contributed by atoms with E-state index in [2.05, 4.69) is 39.8 Å². The molecule has 2 rings (SSSR count). The second-order valence-electron chi connectivity index (χ2n) is 8.85. The second-order valence-corrected chi connectivity index (χ2v) is 8.85. The van der Waals surface area contributed by atoms with Gasteiger partial charge in [0.05, 0.1) is 6.10 Å². The van der Waals surface area contributed by atoms with Crippen molar-refractivity contribution in [1.29, 1.82) is 0 Å². The molecule has 2 N–H and O–H groups in total. The first kappa shape index (κ1) is 21.9. The Morgan fingerprint density at radius 1 is 1.15 bits per heavy atom. The lowest BCUT2D eigenvalue weighted by Gasteiger charge is -2.52. The maximum absolute atomic E-state index is 10.8. The summed E-state index contributed by atoms with van der Waals surface area (Å²) in [7, 11) is 0. The van der Waals surface area contributed by atoms with E-state index in [1.165, 1.54) is 24.5 Å². The zero-order valence-electron chi connectivity index (χ0n) is 17.5. The minimum Gasteiger partial charge on any atom is -0.478 e. The summed E-state index contributed by atoms with van der Waals surface area (Å²) in [5.41, 5.74) is 1.47. The van der Waals surface area contributed by atoms with Crippen molar-refractivity contribution >= 4 is 5.97 Å². The summed E-state index contributed by atoms with van der Waals surface area (Å²) in [6.07, 6.45) is 15.8. The van der Waals surface area contributed by atoms with Crippen LogP contribution in [0.3, 0.4) is 0 Å². The molecule has 27 heavy (non-hydrogen) atoms. The molecule has 152 valence electrons. The van der Waals surface area contributed by atoms with Gasteiger partial charge in [0.1, 0.15) is 0 Å². The highest BCUT2D eigenvalue weighted by Crippen LogP contribution is 2.53. The molecule has 7 atom stereocenters. The highest BCUT2D eigenvalue weighted by atomic mass is 16.4. The average Bonchev–Trinajstić information content (AvgIpc) is 2.61. The van der Waals surface area contributed by atoms with E-state index in [1.807, 2.05) is 6.08 Å². The lowest BCUT2D eigenvalue weighted by molar-refractivity contribution is -0.131. The molecule has 2 aliphatic rings. The normalized spacial score (nSPS) is 37.7. The quantitative estimate of drug-likeness (QED) is 0.263. The molecular weight excluding hydrogens is 336 g/mol. The van der Waals surface area contributed by atoms with Gasteiger partial charge in [-0.2, -0.15) is 0 Å². The van der Waals surface area contributed by atoms with Crippen LogP contribution in [0.5, 0.6) is 0 Å². The predicted molar refractivity (Wildman–Crippen MR) is 111 cm³/mol. The van der Waals surface area contributed by atoms with Gasteiger partial charge in [0.25, 0.3) is 0 Å². The molecule has 0 amide bonds. The highest BCUT2D eigenvalue weighted by Gasteiger charge is 2.48. The van der Waals surface area contributed by atoms with E-state index in [1.54, 1.807) is 6.08 Å². The number of aliphatic carboxylic acids is 1. The number of aliphatic hydroxyl groups is 1. The summed E-state index contributed by atoms with van der Waals surface area (Å²) in [5.74, 6) is 1.88. The first-order valence-electron chi connectivity index (χ1n) is 10.8. The Morgan fingerprint density at radius 2 is 1.89 bits per heavy atom. The zero-order valence-corrected chi connectivity index (χ0v) is 17.5. The fourth-order valence-corrected chi connectivity index (χ4v) is 5.69. The first-order chi connectivity index (χ1) is 12.9. The van der Waals surface area contributed by atoms with E-state index in [-0.39, 0.29) is 6.10 Å². The van der Waals surface area contributed by atoms with Crippen LogP contribution >= 0.6 is 0 Å². The molecular formula is C24H38O3. The highest BCUT2D eigenvalue weighted by molar-refractivity contribution is 5.80. The van der Waals surface area contributed by atoms with E-state index < -0.39 is 5.97 Å². The molecule has 0 aromatic carbocycles. The van der Waals surface area contributed by atoms with E-state index in [0.717, 1.165) is 25.7 Å². The third-order valence-electron chi connectivity index (χ3n) is 6.91. The van der Waals surface area contributed by atoms with Gasteiger partial charge in [-0.15, -0.1) is 0 Å². The number of hydrogen-bond acceptors (Lipinski definition) is 2. The Bertz CT molecular complexity index is 574. The molecule has 2 fully saturated rings. The minimum absolute atomic E-state index is 0.190. The van der Waals surface area contributed by atoms with Crippen molar-refractivity contribution in [3.63, 3.8) is 0 Å². The summed E-state index contributed by atoms with van der Waals surface area (Å²) in [5, 5.41) is 19.5. The standard InChI is InChI=1S/C24H38O3/c1-5-6-7-10-16(2)23-18(4)15-20-21(25)14-13-17(3)24(20)19(23)11-8-9-12-22(26)27/h8-12,17-21,23-25H,5-7,13-15H2,1-4H3,(H,26,27)/b11-8+,12-9+,16-10+/t17-,18+,19+,20-,21-,23+,24-/m0/s1. The molecule has 0 heterocycles. The van der Waals surface area contributed by atoms with Crippen molar-refractivity contribution in [3.8, 4) is 0 Å². The number of carboxylic acid groups (broad SMARTS) is 1. The summed E-state index contributed by atoms with van der Waals surface area (Å²) in [6, 6.07) is 0.